The zero-order chi connectivity index (χ0) is 18.7. The quantitative estimate of drug-likeness (QED) is 0.713. The molecule has 0 spiro atoms. The summed E-state index contributed by atoms with van der Waals surface area (Å²) in [5, 5.41) is 3.45. The summed E-state index contributed by atoms with van der Waals surface area (Å²) in [6.07, 6.45) is -1.08. The average molecular weight is 382 g/mol. The number of benzene rings is 2. The summed E-state index contributed by atoms with van der Waals surface area (Å²) < 4.78 is 39.6. The van der Waals surface area contributed by atoms with Crippen molar-refractivity contribution >= 4 is 17.5 Å². The van der Waals surface area contributed by atoms with Crippen LogP contribution in [0.15, 0.2) is 48.5 Å². The van der Waals surface area contributed by atoms with Crippen LogP contribution in [0.3, 0.4) is 0 Å². The molecule has 2 atom stereocenters. The summed E-state index contributed by atoms with van der Waals surface area (Å²) in [6.45, 7) is 0. The van der Waals surface area contributed by atoms with Gasteiger partial charge in [-0.25, -0.2) is 0 Å². The van der Waals surface area contributed by atoms with E-state index in [1.54, 1.807) is 6.07 Å². The van der Waals surface area contributed by atoms with Gasteiger partial charge in [-0.05, 0) is 36.6 Å². The Kier molecular flexibility index (Phi) is 5.56. The van der Waals surface area contributed by atoms with Gasteiger partial charge >= 0.3 is 6.18 Å². The first-order valence-electron chi connectivity index (χ1n) is 8.59. The number of halogens is 4. The van der Waals surface area contributed by atoms with Crippen LogP contribution >= 0.6 is 11.6 Å². The van der Waals surface area contributed by atoms with Gasteiger partial charge in [-0.2, -0.15) is 13.2 Å². The van der Waals surface area contributed by atoms with Crippen molar-refractivity contribution in [1.29, 1.82) is 0 Å². The molecule has 3 rings (SSSR count). The largest absolute Gasteiger partial charge is 0.417 e. The monoisotopic (exact) mass is 381 g/mol. The number of hydrogen-bond acceptors (Lipinski definition) is 1. The fourth-order valence-electron chi connectivity index (χ4n) is 3.63. The maximum atomic E-state index is 13.2. The maximum Gasteiger partial charge on any atom is 0.417 e. The number of carbonyl (C=O) groups excluding carboxylic acids is 1. The van der Waals surface area contributed by atoms with E-state index in [4.69, 9.17) is 11.6 Å². The van der Waals surface area contributed by atoms with Gasteiger partial charge in [0.2, 0.25) is 0 Å². The molecule has 0 saturated heterocycles. The lowest BCUT2D eigenvalue weighted by Gasteiger charge is -2.33. The van der Waals surface area contributed by atoms with Gasteiger partial charge in [-0.3, -0.25) is 4.79 Å². The normalized spacial score (nSPS) is 20.6. The van der Waals surface area contributed by atoms with Crippen LogP contribution in [0.2, 0.25) is 5.02 Å². The van der Waals surface area contributed by atoms with E-state index in [2.05, 4.69) is 5.32 Å². The van der Waals surface area contributed by atoms with Crippen molar-refractivity contribution in [2.75, 3.05) is 0 Å². The SMILES string of the molecule is O=C(N[C@@H]1CCCC[C@@H]1c1ccccc1Cl)c1ccccc1C(F)(F)F. The standard InChI is InChI=1S/C20H19ClF3NO/c21-17-11-5-2-7-13(17)14-8-3-6-12-18(14)25-19(26)15-9-1-4-10-16(15)20(22,23)24/h1-2,4-5,7,9-11,14,18H,3,6,8,12H2,(H,25,26)/t14-,18-/m1/s1. The van der Waals surface area contributed by atoms with Gasteiger partial charge in [0.25, 0.3) is 5.91 Å². The van der Waals surface area contributed by atoms with Crippen LogP contribution in [0.1, 0.15) is 53.1 Å². The smallest absolute Gasteiger partial charge is 0.349 e. The third-order valence-electron chi connectivity index (χ3n) is 4.86. The molecular weight excluding hydrogens is 363 g/mol. The number of amides is 1. The predicted octanol–water partition coefficient (Wildman–Crippen LogP) is 5.82. The second-order valence-corrected chi connectivity index (χ2v) is 6.94. The number of alkyl halides is 3. The van der Waals surface area contributed by atoms with E-state index in [1.807, 2.05) is 18.2 Å². The van der Waals surface area contributed by atoms with Crippen LogP contribution in [-0.4, -0.2) is 11.9 Å². The molecule has 0 bridgehead atoms. The number of rotatable bonds is 3. The predicted molar refractivity (Wildman–Crippen MR) is 95.4 cm³/mol. The minimum atomic E-state index is -4.57. The molecule has 26 heavy (non-hydrogen) atoms. The van der Waals surface area contributed by atoms with E-state index in [-0.39, 0.29) is 17.5 Å². The number of hydrogen-bond donors (Lipinski definition) is 1. The van der Waals surface area contributed by atoms with E-state index in [0.29, 0.717) is 5.02 Å². The second kappa shape index (κ2) is 7.70. The zero-order valence-electron chi connectivity index (χ0n) is 14.0. The van der Waals surface area contributed by atoms with Gasteiger partial charge in [0.05, 0.1) is 11.1 Å². The summed E-state index contributed by atoms with van der Waals surface area (Å²) in [4.78, 5) is 12.6. The highest BCUT2D eigenvalue weighted by molar-refractivity contribution is 6.31. The minimum Gasteiger partial charge on any atom is -0.349 e. The van der Waals surface area contributed by atoms with Crippen LogP contribution in [-0.2, 0) is 6.18 Å². The van der Waals surface area contributed by atoms with Crippen molar-refractivity contribution in [3.8, 4) is 0 Å². The Morgan fingerprint density at radius 2 is 1.65 bits per heavy atom. The third-order valence-corrected chi connectivity index (χ3v) is 5.21. The summed E-state index contributed by atoms with van der Waals surface area (Å²) in [7, 11) is 0. The first kappa shape index (κ1) is 18.8. The molecule has 1 amide bonds. The molecule has 1 aliphatic carbocycles. The second-order valence-electron chi connectivity index (χ2n) is 6.54. The van der Waals surface area contributed by atoms with E-state index in [0.717, 1.165) is 37.3 Å². The lowest BCUT2D eigenvalue weighted by atomic mass is 9.80. The molecule has 6 heteroatoms. The first-order chi connectivity index (χ1) is 12.4. The Labute approximate surface area is 155 Å². The minimum absolute atomic E-state index is 0.000510. The molecule has 1 N–H and O–H groups in total. The van der Waals surface area contributed by atoms with Crippen LogP contribution in [0.25, 0.3) is 0 Å². The molecule has 0 aromatic heterocycles. The molecule has 2 aromatic carbocycles. The highest BCUT2D eigenvalue weighted by Crippen LogP contribution is 2.37. The van der Waals surface area contributed by atoms with Crippen LogP contribution < -0.4 is 5.32 Å². The summed E-state index contributed by atoms with van der Waals surface area (Å²) in [5.41, 5.74) is -0.325. The zero-order valence-corrected chi connectivity index (χ0v) is 14.8. The van der Waals surface area contributed by atoms with Gasteiger partial charge in [0.15, 0.2) is 0 Å². The van der Waals surface area contributed by atoms with E-state index in [1.165, 1.54) is 18.2 Å². The Morgan fingerprint density at radius 3 is 2.38 bits per heavy atom. The molecule has 138 valence electrons. The van der Waals surface area contributed by atoms with Crippen molar-refractivity contribution in [2.45, 2.75) is 43.8 Å². The summed E-state index contributed by atoms with van der Waals surface area (Å²) in [5.74, 6) is -0.693. The Morgan fingerprint density at radius 1 is 1.00 bits per heavy atom. The average Bonchev–Trinajstić information content (AvgIpc) is 2.62. The first-order valence-corrected chi connectivity index (χ1v) is 8.97. The Hall–Kier alpha value is -2.01. The summed E-state index contributed by atoms with van der Waals surface area (Å²) in [6, 6.07) is 12.1. The van der Waals surface area contributed by atoms with Crippen LogP contribution in [0.4, 0.5) is 13.2 Å². The molecule has 0 aliphatic heterocycles. The number of nitrogens with one attached hydrogen (secondary N) is 1. The topological polar surface area (TPSA) is 29.1 Å². The molecule has 1 fully saturated rings. The lowest BCUT2D eigenvalue weighted by molar-refractivity contribution is -0.137. The van der Waals surface area contributed by atoms with Gasteiger partial charge in [-0.1, -0.05) is 54.8 Å². The molecule has 0 radical (unpaired) electrons. The fraction of sp³-hybridized carbons (Fsp3) is 0.350. The molecule has 2 nitrogen and oxygen atoms in total. The third kappa shape index (κ3) is 4.04. The van der Waals surface area contributed by atoms with Crippen molar-refractivity contribution in [3.05, 3.63) is 70.2 Å². The Balaban J connectivity index is 1.85. The molecule has 2 aromatic rings. The van der Waals surface area contributed by atoms with Crippen LogP contribution in [0, 0.1) is 0 Å². The Bertz CT molecular complexity index is 791. The lowest BCUT2D eigenvalue weighted by Crippen LogP contribution is -2.41. The summed E-state index contributed by atoms with van der Waals surface area (Å²) >= 11 is 6.30. The van der Waals surface area contributed by atoms with Gasteiger partial charge < -0.3 is 5.32 Å². The molecule has 1 saturated carbocycles. The molecule has 1 aliphatic rings. The number of carbonyl (C=O) groups is 1. The van der Waals surface area contributed by atoms with Crippen LogP contribution in [0.5, 0.6) is 0 Å². The van der Waals surface area contributed by atoms with E-state index < -0.39 is 17.6 Å². The highest BCUT2D eigenvalue weighted by atomic mass is 35.5. The van der Waals surface area contributed by atoms with Crippen molar-refractivity contribution < 1.29 is 18.0 Å². The van der Waals surface area contributed by atoms with Gasteiger partial charge in [0, 0.05) is 17.0 Å². The van der Waals surface area contributed by atoms with E-state index in [9.17, 15) is 18.0 Å². The van der Waals surface area contributed by atoms with Gasteiger partial charge in [0.1, 0.15) is 0 Å². The van der Waals surface area contributed by atoms with E-state index >= 15 is 0 Å². The van der Waals surface area contributed by atoms with Crippen molar-refractivity contribution in [3.63, 3.8) is 0 Å². The van der Waals surface area contributed by atoms with Crippen molar-refractivity contribution in [1.82, 2.24) is 5.32 Å². The molecular formula is C20H19ClF3NO. The molecule has 0 unspecified atom stereocenters. The van der Waals surface area contributed by atoms with Gasteiger partial charge in [-0.15, -0.1) is 0 Å². The maximum absolute atomic E-state index is 13.2. The highest BCUT2D eigenvalue weighted by Gasteiger charge is 2.36. The fourth-order valence-corrected chi connectivity index (χ4v) is 3.90. The molecule has 0 heterocycles. The van der Waals surface area contributed by atoms with Crippen molar-refractivity contribution in [2.24, 2.45) is 0 Å².